The van der Waals surface area contributed by atoms with Crippen molar-refractivity contribution in [2.75, 3.05) is 52.9 Å². The summed E-state index contributed by atoms with van der Waals surface area (Å²) < 4.78 is 8.88. The van der Waals surface area contributed by atoms with Crippen molar-refractivity contribution < 1.29 is 110 Å². The van der Waals surface area contributed by atoms with E-state index in [1.54, 1.807) is 0 Å². The summed E-state index contributed by atoms with van der Waals surface area (Å²) in [5.74, 6) is -4.91. The summed E-state index contributed by atoms with van der Waals surface area (Å²) in [6.45, 7) is 11.6. The monoisotopic (exact) mass is 730 g/mol. The van der Waals surface area contributed by atoms with Crippen molar-refractivity contribution in [2.24, 2.45) is 10.8 Å². The quantitative estimate of drug-likeness (QED) is 0.0639. The molecule has 0 aromatic heterocycles. The molecule has 0 aromatic carbocycles. The molecule has 0 aromatic rings. The number of phosphoric acid groups is 1. The third-order valence-electron chi connectivity index (χ3n) is 3.56. The average Bonchev–Trinajstić information content (AvgIpc) is 3.04. The van der Waals surface area contributed by atoms with Crippen molar-refractivity contribution in [1.29, 1.82) is 0 Å². The molecule has 0 atom stereocenters. The Morgan fingerprint density at radius 1 is 0.396 bits per heavy atom. The molecule has 0 fully saturated rings. The lowest BCUT2D eigenvalue weighted by molar-refractivity contribution is -0.132. The van der Waals surface area contributed by atoms with Gasteiger partial charge in [-0.1, -0.05) is 32.9 Å². The lowest BCUT2D eigenvalue weighted by atomic mass is 9.93. The molecule has 0 aliphatic carbocycles. The topological polar surface area (TPSA) is 426 Å². The van der Waals surface area contributed by atoms with Crippen LogP contribution in [0.3, 0.4) is 0 Å². The number of aliphatic hydroxyl groups excluding tert-OH is 8. The second-order valence-corrected chi connectivity index (χ2v) is 8.52. The molecular formula is C25H47O22P. The van der Waals surface area contributed by atoms with Crippen molar-refractivity contribution in [3.8, 4) is 0 Å². The normalized spacial score (nSPS) is 9.06. The fourth-order valence-corrected chi connectivity index (χ4v) is 0.600. The summed E-state index contributed by atoms with van der Waals surface area (Å²) in [6, 6.07) is 0. The van der Waals surface area contributed by atoms with E-state index < -0.39 is 101 Å². The fraction of sp³-hybridized carbons (Fsp3) is 0.400. The highest BCUT2D eigenvalue weighted by Gasteiger charge is 2.27. The Labute approximate surface area is 274 Å². The summed E-state index contributed by atoms with van der Waals surface area (Å²) in [5, 5.41) is 106. The highest BCUT2D eigenvalue weighted by atomic mass is 31.2. The molecule has 0 bridgehead atoms. The molecular weight excluding hydrogens is 683 g/mol. The van der Waals surface area contributed by atoms with E-state index in [0.717, 1.165) is 30.4 Å². The number of carboxylic acid groups (broad SMARTS) is 5. The molecule has 48 heavy (non-hydrogen) atoms. The number of rotatable bonds is 13. The first-order valence-corrected chi connectivity index (χ1v) is 13.3. The van der Waals surface area contributed by atoms with E-state index in [1.807, 2.05) is 0 Å². The molecule has 0 rings (SSSR count). The largest absolute Gasteiger partial charge is 0.478 e. The van der Waals surface area contributed by atoms with Crippen LogP contribution in [0.2, 0.25) is 0 Å². The van der Waals surface area contributed by atoms with Gasteiger partial charge in [0.15, 0.2) is 0 Å². The lowest BCUT2D eigenvalue weighted by Crippen LogP contribution is -2.37. The highest BCUT2D eigenvalue weighted by molar-refractivity contribution is 7.45. The second-order valence-electron chi connectivity index (χ2n) is 7.49. The van der Waals surface area contributed by atoms with Crippen LogP contribution in [0, 0.1) is 10.8 Å². The number of carboxylic acids is 5. The Balaban J connectivity index is -0.0000000646. The molecule has 0 aliphatic rings. The maximum Gasteiger partial charge on any atom is 0.466 e. The third-order valence-corrected chi connectivity index (χ3v) is 3.56. The van der Waals surface area contributed by atoms with E-state index in [-0.39, 0.29) is 0 Å². The molecule has 0 amide bonds. The maximum absolute atomic E-state index is 9.25. The summed E-state index contributed by atoms with van der Waals surface area (Å²) >= 11 is 0. The van der Waals surface area contributed by atoms with E-state index in [4.69, 9.17) is 85.6 Å². The van der Waals surface area contributed by atoms with Crippen LogP contribution in [0.1, 0.15) is 0 Å². The molecule has 22 nitrogen and oxygen atoms in total. The Bertz CT molecular complexity index is 766. The minimum atomic E-state index is -4.64. The Hall–Kier alpha value is -4.16. The number of aliphatic hydroxyl groups is 8. The lowest BCUT2D eigenvalue weighted by Gasteiger charge is -2.23. The van der Waals surface area contributed by atoms with Gasteiger partial charge in [-0.15, -0.1) is 0 Å². The maximum atomic E-state index is 9.25. The van der Waals surface area contributed by atoms with Crippen LogP contribution in [0.4, 0.5) is 0 Å². The van der Waals surface area contributed by atoms with E-state index in [1.165, 1.54) is 0 Å². The summed E-state index contributed by atoms with van der Waals surface area (Å²) in [7, 11) is -4.64. The van der Waals surface area contributed by atoms with Crippen molar-refractivity contribution >= 4 is 37.7 Å². The molecule has 0 saturated carbocycles. The zero-order chi connectivity index (χ0) is 40.6. The van der Waals surface area contributed by atoms with Crippen molar-refractivity contribution in [3.05, 3.63) is 63.3 Å². The van der Waals surface area contributed by atoms with Gasteiger partial charge in [-0.05, 0) is 0 Å². The van der Waals surface area contributed by atoms with Crippen molar-refractivity contribution in [2.45, 2.75) is 0 Å². The molecule has 0 radical (unpaired) electrons. The molecule has 23 heteroatoms. The highest BCUT2D eigenvalue weighted by Crippen LogP contribution is 2.25. The van der Waals surface area contributed by atoms with Gasteiger partial charge in [-0.2, -0.15) is 0 Å². The van der Waals surface area contributed by atoms with Crippen LogP contribution < -0.4 is 0 Å². The van der Waals surface area contributed by atoms with Crippen LogP contribution in [-0.4, -0.2) is 164 Å². The van der Waals surface area contributed by atoms with Gasteiger partial charge in [0.2, 0.25) is 0 Å². The van der Waals surface area contributed by atoms with Gasteiger partial charge in [0.05, 0.1) is 63.7 Å². The van der Waals surface area contributed by atoms with Crippen LogP contribution in [0.25, 0.3) is 0 Å². The number of hydrogen-bond donors (Lipinski definition) is 16. The molecule has 284 valence electrons. The summed E-state index contributed by atoms with van der Waals surface area (Å²) in [5.41, 5.74) is -2.22. The number of aliphatic carboxylic acids is 5. The molecule has 0 spiro atoms. The van der Waals surface area contributed by atoms with Gasteiger partial charge in [0.1, 0.15) is 0 Å². The SMILES string of the molecule is C=CC(=O)O.C=CC(=O)O.C=CC(=O)O.C=CC(=O)O.C=CC(=O)O.O=P(O)(O)O.OCC(CO)(CO)CO.OCC(CO)(CO)CO. The van der Waals surface area contributed by atoms with Gasteiger partial charge in [0, 0.05) is 30.4 Å². The molecule has 16 N–H and O–H groups in total. The minimum absolute atomic E-state index is 0.406. The smallest absolute Gasteiger partial charge is 0.466 e. The second kappa shape index (κ2) is 42.8. The van der Waals surface area contributed by atoms with Gasteiger partial charge in [-0.3, -0.25) is 0 Å². The zero-order valence-corrected chi connectivity index (χ0v) is 26.5. The molecule has 0 saturated heterocycles. The Morgan fingerprint density at radius 3 is 0.458 bits per heavy atom. The van der Waals surface area contributed by atoms with E-state index in [2.05, 4.69) is 32.9 Å². The standard InChI is InChI=1S/2C5H12O4.5C3H4O2.H3O4P/c2*6-1-5(2-7,3-8)4-9;5*1-2-3(4)5;1-5(2,3)4/h2*6-9H,1-4H2;5*2H,1H2,(H,4,5);(H3,1,2,3,4). The first-order chi connectivity index (χ1) is 21.8. The van der Waals surface area contributed by atoms with Crippen LogP contribution in [0.15, 0.2) is 63.3 Å². The third kappa shape index (κ3) is 78.4. The molecule has 0 heterocycles. The van der Waals surface area contributed by atoms with E-state index in [0.29, 0.717) is 0 Å². The molecule has 0 aliphatic heterocycles. The zero-order valence-electron chi connectivity index (χ0n) is 25.6. The van der Waals surface area contributed by atoms with Gasteiger partial charge >= 0.3 is 37.7 Å². The Morgan fingerprint density at radius 2 is 0.458 bits per heavy atom. The fourth-order valence-electron chi connectivity index (χ4n) is 0.600. The first kappa shape index (κ1) is 62.6. The average molecular weight is 731 g/mol. The van der Waals surface area contributed by atoms with Crippen LogP contribution >= 0.6 is 7.82 Å². The number of hydrogen-bond acceptors (Lipinski definition) is 14. The number of carbonyl (C=O) groups is 5. The van der Waals surface area contributed by atoms with Crippen LogP contribution in [0.5, 0.6) is 0 Å². The first-order valence-electron chi connectivity index (χ1n) is 11.8. The van der Waals surface area contributed by atoms with Crippen molar-refractivity contribution in [3.63, 3.8) is 0 Å². The predicted octanol–water partition coefficient (Wildman–Crippen LogP) is -3.76. The Kier molecular flexibility index (Phi) is 55.9. The predicted molar refractivity (Wildman–Crippen MR) is 165 cm³/mol. The van der Waals surface area contributed by atoms with Gasteiger partial charge in [0.25, 0.3) is 0 Å². The van der Waals surface area contributed by atoms with Gasteiger partial charge < -0.3 is 81.1 Å². The van der Waals surface area contributed by atoms with Gasteiger partial charge in [-0.25, -0.2) is 28.5 Å². The van der Waals surface area contributed by atoms with E-state index in [9.17, 15) is 24.0 Å². The summed E-state index contributed by atoms with van der Waals surface area (Å²) in [6.07, 6.45) is 4.17. The van der Waals surface area contributed by atoms with Crippen molar-refractivity contribution in [1.82, 2.24) is 0 Å². The van der Waals surface area contributed by atoms with E-state index >= 15 is 0 Å². The molecule has 0 unspecified atom stereocenters. The summed E-state index contributed by atoms with van der Waals surface area (Å²) in [4.78, 5) is 67.8. The van der Waals surface area contributed by atoms with Crippen LogP contribution in [-0.2, 0) is 28.5 Å². The minimum Gasteiger partial charge on any atom is -0.478 e.